The van der Waals surface area contributed by atoms with E-state index in [1.54, 1.807) is 29.6 Å². The molecular formula is C16H14OS2. The molecule has 19 heavy (non-hydrogen) atoms. The van der Waals surface area contributed by atoms with Gasteiger partial charge < -0.3 is 0 Å². The van der Waals surface area contributed by atoms with E-state index in [9.17, 15) is 4.79 Å². The van der Waals surface area contributed by atoms with Crippen LogP contribution in [-0.2, 0) is 0 Å². The average molecular weight is 286 g/mol. The van der Waals surface area contributed by atoms with Crippen molar-refractivity contribution in [1.82, 2.24) is 0 Å². The van der Waals surface area contributed by atoms with E-state index < -0.39 is 0 Å². The van der Waals surface area contributed by atoms with Gasteiger partial charge in [0.15, 0.2) is 5.78 Å². The zero-order valence-electron chi connectivity index (χ0n) is 10.6. The Labute approximate surface area is 122 Å². The minimum absolute atomic E-state index is 0.0494. The molecule has 0 atom stereocenters. The quantitative estimate of drug-likeness (QED) is 0.443. The molecule has 0 aliphatic heterocycles. The minimum atomic E-state index is 0.0494. The van der Waals surface area contributed by atoms with E-state index in [2.05, 4.69) is 0 Å². The Balaban J connectivity index is 2.13. The van der Waals surface area contributed by atoms with Crippen LogP contribution in [0.15, 0.2) is 75.9 Å². The molecule has 3 heteroatoms. The number of hydrogen-bond donors (Lipinski definition) is 0. The maximum Gasteiger partial charge on any atom is 0.187 e. The summed E-state index contributed by atoms with van der Waals surface area (Å²) < 4.78 is 1.00. The molecule has 0 bridgehead atoms. The van der Waals surface area contributed by atoms with Crippen molar-refractivity contribution >= 4 is 29.3 Å². The molecule has 0 unspecified atom stereocenters. The van der Waals surface area contributed by atoms with Crippen molar-refractivity contribution in [2.45, 2.75) is 4.90 Å². The third-order valence-electron chi connectivity index (χ3n) is 2.47. The summed E-state index contributed by atoms with van der Waals surface area (Å²) in [6.07, 6.45) is 3.69. The van der Waals surface area contributed by atoms with Gasteiger partial charge in [-0.2, -0.15) is 0 Å². The average Bonchev–Trinajstić information content (AvgIpc) is 2.48. The molecule has 0 aromatic heterocycles. The third-order valence-corrected chi connectivity index (χ3v) is 4.57. The smallest absolute Gasteiger partial charge is 0.187 e. The van der Waals surface area contributed by atoms with Gasteiger partial charge in [-0.1, -0.05) is 60.3 Å². The largest absolute Gasteiger partial charge is 0.289 e. The summed E-state index contributed by atoms with van der Waals surface area (Å²) in [7, 11) is 0. The van der Waals surface area contributed by atoms with Crippen LogP contribution in [0.3, 0.4) is 0 Å². The normalized spacial score (nSPS) is 11.3. The van der Waals surface area contributed by atoms with Gasteiger partial charge in [-0.05, 0) is 18.4 Å². The van der Waals surface area contributed by atoms with Gasteiger partial charge in [-0.3, -0.25) is 4.79 Å². The van der Waals surface area contributed by atoms with Gasteiger partial charge >= 0.3 is 0 Å². The molecule has 0 saturated carbocycles. The molecule has 0 aliphatic carbocycles. The Morgan fingerprint density at radius 2 is 1.53 bits per heavy atom. The summed E-state index contributed by atoms with van der Waals surface area (Å²) in [5.41, 5.74) is 0.725. The number of thioether (sulfide) groups is 2. The van der Waals surface area contributed by atoms with E-state index in [0.717, 1.165) is 14.7 Å². The highest BCUT2D eigenvalue weighted by atomic mass is 32.2. The number of carbonyl (C=O) groups is 1. The SMILES string of the molecule is CS/C(=C/C(=O)c1ccccc1)Sc1ccccc1. The fourth-order valence-corrected chi connectivity index (χ4v) is 3.07. The van der Waals surface area contributed by atoms with Crippen LogP contribution >= 0.6 is 23.5 Å². The van der Waals surface area contributed by atoms with E-state index in [1.807, 2.05) is 66.9 Å². The predicted octanol–water partition coefficient (Wildman–Crippen LogP) is 4.87. The van der Waals surface area contributed by atoms with Crippen molar-refractivity contribution in [3.63, 3.8) is 0 Å². The lowest BCUT2D eigenvalue weighted by Crippen LogP contribution is -1.94. The summed E-state index contributed by atoms with van der Waals surface area (Å²) >= 11 is 3.21. The van der Waals surface area contributed by atoms with Crippen molar-refractivity contribution in [3.05, 3.63) is 76.5 Å². The zero-order chi connectivity index (χ0) is 13.5. The van der Waals surface area contributed by atoms with Crippen LogP contribution in [0.5, 0.6) is 0 Å². The second-order valence-electron chi connectivity index (χ2n) is 3.81. The summed E-state index contributed by atoms with van der Waals surface area (Å²) in [5.74, 6) is 0.0494. The molecule has 0 saturated heterocycles. The van der Waals surface area contributed by atoms with E-state index in [1.165, 1.54) is 0 Å². The van der Waals surface area contributed by atoms with Crippen molar-refractivity contribution in [3.8, 4) is 0 Å². The molecule has 0 amide bonds. The molecule has 0 spiro atoms. The number of allylic oxidation sites excluding steroid dienone is 1. The van der Waals surface area contributed by atoms with Gasteiger partial charge in [0.05, 0.1) is 0 Å². The highest BCUT2D eigenvalue weighted by Gasteiger charge is 2.05. The molecule has 96 valence electrons. The Morgan fingerprint density at radius 3 is 2.11 bits per heavy atom. The van der Waals surface area contributed by atoms with Crippen molar-refractivity contribution in [2.75, 3.05) is 6.26 Å². The van der Waals surface area contributed by atoms with Crippen LogP contribution in [0, 0.1) is 0 Å². The van der Waals surface area contributed by atoms with Gasteiger partial charge in [-0.15, -0.1) is 11.8 Å². The summed E-state index contributed by atoms with van der Waals surface area (Å²) in [4.78, 5) is 13.2. The molecule has 2 aromatic rings. The first-order chi connectivity index (χ1) is 9.29. The Hall–Kier alpha value is -1.45. The highest BCUT2D eigenvalue weighted by molar-refractivity contribution is 8.22. The third kappa shape index (κ3) is 4.30. The van der Waals surface area contributed by atoms with Gasteiger partial charge in [0, 0.05) is 20.8 Å². The van der Waals surface area contributed by atoms with Gasteiger partial charge in [0.25, 0.3) is 0 Å². The number of carbonyl (C=O) groups excluding carboxylic acids is 1. The standard InChI is InChI=1S/C16H14OS2/c1-18-16(19-14-10-6-3-7-11-14)12-15(17)13-8-4-2-5-9-13/h2-12H,1H3/b16-12-. The summed E-state index contributed by atoms with van der Waals surface area (Å²) in [6.45, 7) is 0. The van der Waals surface area contributed by atoms with E-state index in [4.69, 9.17) is 0 Å². The molecule has 0 aliphatic rings. The summed E-state index contributed by atoms with van der Waals surface area (Å²) in [5, 5.41) is 0. The van der Waals surface area contributed by atoms with E-state index >= 15 is 0 Å². The van der Waals surface area contributed by atoms with Crippen LogP contribution in [0.25, 0.3) is 0 Å². The molecule has 2 rings (SSSR count). The van der Waals surface area contributed by atoms with E-state index in [-0.39, 0.29) is 5.78 Å². The monoisotopic (exact) mass is 286 g/mol. The fourth-order valence-electron chi connectivity index (χ4n) is 1.53. The second kappa shape index (κ2) is 7.22. The van der Waals surface area contributed by atoms with Gasteiger partial charge in [-0.25, -0.2) is 0 Å². The number of benzene rings is 2. The van der Waals surface area contributed by atoms with Crippen molar-refractivity contribution in [1.29, 1.82) is 0 Å². The highest BCUT2D eigenvalue weighted by Crippen LogP contribution is 2.33. The zero-order valence-corrected chi connectivity index (χ0v) is 12.2. The lowest BCUT2D eigenvalue weighted by atomic mass is 10.1. The molecule has 0 heterocycles. The first-order valence-electron chi connectivity index (χ1n) is 5.87. The predicted molar refractivity (Wildman–Crippen MR) is 84.7 cm³/mol. The lowest BCUT2D eigenvalue weighted by Gasteiger charge is -2.03. The molecule has 2 aromatic carbocycles. The molecule has 0 N–H and O–H groups in total. The number of hydrogen-bond acceptors (Lipinski definition) is 3. The molecular weight excluding hydrogens is 272 g/mol. The Kier molecular flexibility index (Phi) is 5.31. The maximum absolute atomic E-state index is 12.1. The van der Waals surface area contributed by atoms with Gasteiger partial charge in [0.1, 0.15) is 0 Å². The fraction of sp³-hybridized carbons (Fsp3) is 0.0625. The Morgan fingerprint density at radius 1 is 0.947 bits per heavy atom. The molecule has 1 nitrogen and oxygen atoms in total. The van der Waals surface area contributed by atoms with Crippen LogP contribution in [0.4, 0.5) is 0 Å². The van der Waals surface area contributed by atoms with Crippen LogP contribution < -0.4 is 0 Å². The van der Waals surface area contributed by atoms with Crippen molar-refractivity contribution in [2.24, 2.45) is 0 Å². The minimum Gasteiger partial charge on any atom is -0.289 e. The summed E-state index contributed by atoms with van der Waals surface area (Å²) in [6, 6.07) is 19.4. The first-order valence-corrected chi connectivity index (χ1v) is 7.91. The van der Waals surface area contributed by atoms with Gasteiger partial charge in [0.2, 0.25) is 0 Å². The Bertz CT molecular complexity index is 562. The second-order valence-corrected chi connectivity index (χ2v) is 6.03. The number of ketones is 1. The first kappa shape index (κ1) is 14.0. The maximum atomic E-state index is 12.1. The lowest BCUT2D eigenvalue weighted by molar-refractivity contribution is 0.104. The van der Waals surface area contributed by atoms with Crippen LogP contribution in [0.1, 0.15) is 10.4 Å². The van der Waals surface area contributed by atoms with Crippen LogP contribution in [0.2, 0.25) is 0 Å². The van der Waals surface area contributed by atoms with E-state index in [0.29, 0.717) is 0 Å². The topological polar surface area (TPSA) is 17.1 Å². The number of rotatable bonds is 5. The molecule has 0 radical (unpaired) electrons. The molecule has 0 fully saturated rings. The van der Waals surface area contributed by atoms with Crippen molar-refractivity contribution < 1.29 is 4.79 Å². The van der Waals surface area contributed by atoms with Crippen LogP contribution in [-0.4, -0.2) is 12.0 Å².